The van der Waals surface area contributed by atoms with Gasteiger partial charge in [0.2, 0.25) is 0 Å². The molecule has 0 aliphatic heterocycles. The number of aryl methyl sites for hydroxylation is 1. The molecule has 29 heavy (non-hydrogen) atoms. The molecule has 7 nitrogen and oxygen atoms in total. The first-order valence-corrected chi connectivity index (χ1v) is 11.6. The summed E-state index contributed by atoms with van der Waals surface area (Å²) < 4.78 is 2.12. The van der Waals surface area contributed by atoms with Crippen molar-refractivity contribution in [1.29, 1.82) is 0 Å². The van der Waals surface area contributed by atoms with Crippen molar-refractivity contribution in [3.8, 4) is 0 Å². The maximum absolute atomic E-state index is 4.93. The van der Waals surface area contributed by atoms with E-state index in [1.807, 2.05) is 6.33 Å². The minimum atomic E-state index is 0.516. The lowest BCUT2D eigenvalue weighted by Gasteiger charge is -2.32. The number of hydrogen-bond acceptors (Lipinski definition) is 4. The Morgan fingerprint density at radius 3 is 2.62 bits per heavy atom. The van der Waals surface area contributed by atoms with E-state index in [4.69, 9.17) is 4.99 Å². The second-order valence-electron chi connectivity index (χ2n) is 8.89. The van der Waals surface area contributed by atoms with Crippen molar-refractivity contribution in [3.05, 3.63) is 12.2 Å². The predicted molar refractivity (Wildman–Crippen MR) is 121 cm³/mol. The molecular formula is C22H43N7. The van der Waals surface area contributed by atoms with Gasteiger partial charge in [-0.2, -0.15) is 0 Å². The maximum atomic E-state index is 4.93. The van der Waals surface area contributed by atoms with Crippen molar-refractivity contribution >= 4 is 5.96 Å². The molecule has 0 amide bonds. The summed E-state index contributed by atoms with van der Waals surface area (Å²) in [4.78, 5) is 7.43. The summed E-state index contributed by atoms with van der Waals surface area (Å²) in [5, 5.41) is 15.5. The van der Waals surface area contributed by atoms with Crippen LogP contribution in [-0.4, -0.2) is 63.4 Å². The predicted octanol–water partition coefficient (Wildman–Crippen LogP) is 3.07. The molecule has 1 aromatic rings. The molecule has 0 bridgehead atoms. The van der Waals surface area contributed by atoms with Gasteiger partial charge in [-0.1, -0.05) is 26.7 Å². The molecule has 2 atom stereocenters. The average molecular weight is 406 g/mol. The second kappa shape index (κ2) is 12.2. The zero-order valence-electron chi connectivity index (χ0n) is 19.5. The highest BCUT2D eigenvalue weighted by molar-refractivity contribution is 5.80. The SMILES string of the molecule is CCc1nncn1CCNC(=NCCN(C(C)C)C(C)C)NC1CCCCC1C. The Morgan fingerprint density at radius 2 is 1.97 bits per heavy atom. The van der Waals surface area contributed by atoms with Gasteiger partial charge in [0, 0.05) is 44.2 Å². The van der Waals surface area contributed by atoms with Crippen molar-refractivity contribution in [3.63, 3.8) is 0 Å². The first-order valence-electron chi connectivity index (χ1n) is 11.6. The molecule has 0 radical (unpaired) electrons. The molecule has 1 saturated carbocycles. The largest absolute Gasteiger partial charge is 0.355 e. The van der Waals surface area contributed by atoms with Gasteiger partial charge in [-0.25, -0.2) is 0 Å². The topological polar surface area (TPSA) is 70.4 Å². The van der Waals surface area contributed by atoms with Gasteiger partial charge in [0.15, 0.2) is 5.96 Å². The summed E-state index contributed by atoms with van der Waals surface area (Å²) in [6, 6.07) is 1.59. The molecule has 166 valence electrons. The molecule has 1 aliphatic rings. The molecule has 1 heterocycles. The van der Waals surface area contributed by atoms with Crippen LogP contribution in [0.15, 0.2) is 11.3 Å². The third kappa shape index (κ3) is 7.61. The van der Waals surface area contributed by atoms with E-state index in [-0.39, 0.29) is 0 Å². The lowest BCUT2D eigenvalue weighted by molar-refractivity contribution is 0.181. The van der Waals surface area contributed by atoms with Crippen molar-refractivity contribution in [2.24, 2.45) is 10.9 Å². The van der Waals surface area contributed by atoms with Crippen LogP contribution in [0.4, 0.5) is 0 Å². The summed E-state index contributed by atoms with van der Waals surface area (Å²) in [6.45, 7) is 17.0. The molecule has 2 N–H and O–H groups in total. The number of rotatable bonds is 10. The standard InChI is InChI=1S/C22H43N7/c1-7-21-27-25-16-28(21)14-12-23-22(26-20-11-9-8-10-19(20)6)24-13-15-29(17(2)3)18(4)5/h16-20H,7-15H2,1-6H3,(H2,23,24,26). The van der Waals surface area contributed by atoms with E-state index < -0.39 is 0 Å². The fraction of sp³-hybridized carbons (Fsp3) is 0.864. The van der Waals surface area contributed by atoms with Gasteiger partial charge in [-0.05, 0) is 46.5 Å². The molecule has 0 aromatic carbocycles. The Hall–Kier alpha value is -1.63. The summed E-state index contributed by atoms with van der Waals surface area (Å²) in [5.41, 5.74) is 0. The van der Waals surface area contributed by atoms with Crippen LogP contribution in [0, 0.1) is 5.92 Å². The quantitative estimate of drug-likeness (QED) is 0.462. The third-order valence-corrected chi connectivity index (χ3v) is 6.05. The zero-order chi connectivity index (χ0) is 21.2. The third-order valence-electron chi connectivity index (χ3n) is 6.05. The van der Waals surface area contributed by atoms with E-state index in [1.54, 1.807) is 0 Å². The highest BCUT2D eigenvalue weighted by Gasteiger charge is 2.22. The Labute approximate surface area is 177 Å². The van der Waals surface area contributed by atoms with E-state index in [0.29, 0.717) is 24.0 Å². The van der Waals surface area contributed by atoms with Crippen molar-refractivity contribution in [1.82, 2.24) is 30.3 Å². The normalized spacial score (nSPS) is 20.7. The maximum Gasteiger partial charge on any atom is 0.191 e. The molecule has 2 rings (SSSR count). The number of hydrogen-bond donors (Lipinski definition) is 2. The van der Waals surface area contributed by atoms with E-state index in [0.717, 1.165) is 44.4 Å². The number of aromatic nitrogens is 3. The highest BCUT2D eigenvalue weighted by atomic mass is 15.3. The Kier molecular flexibility index (Phi) is 9.91. The molecule has 2 unspecified atom stereocenters. The fourth-order valence-electron chi connectivity index (χ4n) is 4.28. The van der Waals surface area contributed by atoms with Crippen molar-refractivity contribution < 1.29 is 0 Å². The summed E-state index contributed by atoms with van der Waals surface area (Å²) >= 11 is 0. The molecular weight excluding hydrogens is 362 g/mol. The molecule has 1 aromatic heterocycles. The number of nitrogens with zero attached hydrogens (tertiary/aromatic N) is 5. The fourth-order valence-corrected chi connectivity index (χ4v) is 4.28. The second-order valence-corrected chi connectivity index (χ2v) is 8.89. The molecule has 1 fully saturated rings. The minimum Gasteiger partial charge on any atom is -0.355 e. The number of nitrogens with one attached hydrogen (secondary N) is 2. The van der Waals surface area contributed by atoms with Gasteiger partial charge in [0.25, 0.3) is 0 Å². The van der Waals surface area contributed by atoms with Crippen LogP contribution in [0.3, 0.4) is 0 Å². The van der Waals surface area contributed by atoms with Gasteiger partial charge in [-0.3, -0.25) is 9.89 Å². The molecule has 0 saturated heterocycles. The highest BCUT2D eigenvalue weighted by Crippen LogP contribution is 2.23. The van der Waals surface area contributed by atoms with Crippen LogP contribution >= 0.6 is 0 Å². The van der Waals surface area contributed by atoms with E-state index in [1.165, 1.54) is 25.7 Å². The number of aliphatic imine (C=N–C) groups is 1. The van der Waals surface area contributed by atoms with Crippen LogP contribution in [0.2, 0.25) is 0 Å². The Morgan fingerprint density at radius 1 is 1.24 bits per heavy atom. The molecule has 7 heteroatoms. The summed E-state index contributed by atoms with van der Waals surface area (Å²) in [6.07, 6.45) is 7.92. The van der Waals surface area contributed by atoms with E-state index in [2.05, 4.69) is 71.8 Å². The van der Waals surface area contributed by atoms with Crippen LogP contribution in [0.25, 0.3) is 0 Å². The van der Waals surface area contributed by atoms with Gasteiger partial charge >= 0.3 is 0 Å². The van der Waals surface area contributed by atoms with Crippen LogP contribution in [-0.2, 0) is 13.0 Å². The van der Waals surface area contributed by atoms with Gasteiger partial charge in [0.05, 0.1) is 6.54 Å². The van der Waals surface area contributed by atoms with Gasteiger partial charge in [-0.15, -0.1) is 10.2 Å². The monoisotopic (exact) mass is 405 g/mol. The van der Waals surface area contributed by atoms with Gasteiger partial charge < -0.3 is 15.2 Å². The van der Waals surface area contributed by atoms with Crippen molar-refractivity contribution in [2.45, 2.75) is 98.3 Å². The zero-order valence-corrected chi connectivity index (χ0v) is 19.5. The van der Waals surface area contributed by atoms with Crippen molar-refractivity contribution in [2.75, 3.05) is 19.6 Å². The lowest BCUT2D eigenvalue weighted by Crippen LogP contribution is -2.48. The smallest absolute Gasteiger partial charge is 0.191 e. The van der Waals surface area contributed by atoms with Crippen LogP contribution in [0.1, 0.15) is 73.1 Å². The first kappa shape index (κ1) is 23.6. The summed E-state index contributed by atoms with van der Waals surface area (Å²) in [5.74, 6) is 2.68. The van der Waals surface area contributed by atoms with E-state index >= 15 is 0 Å². The molecule has 0 spiro atoms. The van der Waals surface area contributed by atoms with Crippen LogP contribution < -0.4 is 10.6 Å². The average Bonchev–Trinajstić information content (AvgIpc) is 3.13. The van der Waals surface area contributed by atoms with E-state index in [9.17, 15) is 0 Å². The Bertz CT molecular complexity index is 600. The number of guanidine groups is 1. The summed E-state index contributed by atoms with van der Waals surface area (Å²) in [7, 11) is 0. The Balaban J connectivity index is 1.96. The first-order chi connectivity index (χ1) is 13.9. The van der Waals surface area contributed by atoms with Crippen LogP contribution in [0.5, 0.6) is 0 Å². The van der Waals surface area contributed by atoms with Gasteiger partial charge in [0.1, 0.15) is 12.2 Å². The molecule has 1 aliphatic carbocycles. The minimum absolute atomic E-state index is 0.516. The lowest BCUT2D eigenvalue weighted by atomic mass is 9.86.